The molecular weight excluding hydrogens is 310 g/mol. The minimum Gasteiger partial charge on any atom is -0.465 e. The van der Waals surface area contributed by atoms with E-state index < -0.39 is 12.6 Å². The zero-order chi connectivity index (χ0) is 16.8. The molecule has 23 heavy (non-hydrogen) atoms. The van der Waals surface area contributed by atoms with E-state index in [1.165, 1.54) is 55.9 Å². The predicted octanol–water partition coefficient (Wildman–Crippen LogP) is 3.56. The van der Waals surface area contributed by atoms with Crippen LogP contribution in [0.3, 0.4) is 0 Å². The van der Waals surface area contributed by atoms with Gasteiger partial charge in [-0.1, -0.05) is 0 Å². The van der Waals surface area contributed by atoms with Crippen molar-refractivity contribution in [1.29, 1.82) is 0 Å². The summed E-state index contributed by atoms with van der Waals surface area (Å²) < 4.78 is 37.9. The van der Waals surface area contributed by atoms with Crippen molar-refractivity contribution in [1.82, 2.24) is 0 Å². The maximum Gasteiger partial charge on any atom is 0.387 e. The molecule has 0 aliphatic heterocycles. The Morgan fingerprint density at radius 1 is 1.17 bits per heavy atom. The molecule has 0 amide bonds. The van der Waals surface area contributed by atoms with E-state index in [0.717, 1.165) is 0 Å². The topological polar surface area (TPSA) is 65.7 Å². The lowest BCUT2D eigenvalue weighted by molar-refractivity contribution is -0.0498. The average Bonchev–Trinajstić information content (AvgIpc) is 3.01. The maximum atomic E-state index is 12.0. The first-order valence-corrected chi connectivity index (χ1v) is 6.43. The molecule has 1 aromatic carbocycles. The minimum atomic E-state index is -2.92. The summed E-state index contributed by atoms with van der Waals surface area (Å²) in [5, 5.41) is 0. The van der Waals surface area contributed by atoms with E-state index in [1.54, 1.807) is 0 Å². The number of furan rings is 1. The van der Waals surface area contributed by atoms with Crippen LogP contribution in [-0.2, 0) is 4.74 Å². The fourth-order valence-electron chi connectivity index (χ4n) is 1.72. The largest absolute Gasteiger partial charge is 0.465 e. The number of hydrogen-bond acceptors (Lipinski definition) is 5. The zero-order valence-corrected chi connectivity index (χ0v) is 12.0. The van der Waals surface area contributed by atoms with E-state index in [1.807, 2.05) is 0 Å². The molecule has 0 saturated heterocycles. The number of rotatable bonds is 6. The molecule has 120 valence electrons. The van der Waals surface area contributed by atoms with Gasteiger partial charge in [0.2, 0.25) is 0 Å². The SMILES string of the molecule is COC(=O)c1coc(C=CC(=O)c2ccc(OC(F)F)cc2)c1. The molecule has 1 heterocycles. The van der Waals surface area contributed by atoms with Gasteiger partial charge < -0.3 is 13.9 Å². The van der Waals surface area contributed by atoms with Gasteiger partial charge in [0.15, 0.2) is 5.78 Å². The van der Waals surface area contributed by atoms with Crippen molar-refractivity contribution in [2.24, 2.45) is 0 Å². The highest BCUT2D eigenvalue weighted by molar-refractivity contribution is 6.06. The first-order chi connectivity index (χ1) is 11.0. The molecule has 0 N–H and O–H groups in total. The molecular formula is C16H12F2O5. The smallest absolute Gasteiger partial charge is 0.387 e. The van der Waals surface area contributed by atoms with E-state index in [-0.39, 0.29) is 17.1 Å². The van der Waals surface area contributed by atoms with Crippen molar-refractivity contribution >= 4 is 17.8 Å². The van der Waals surface area contributed by atoms with Gasteiger partial charge in [-0.05, 0) is 42.5 Å². The van der Waals surface area contributed by atoms with Crippen LogP contribution in [0.2, 0.25) is 0 Å². The second kappa shape index (κ2) is 7.35. The summed E-state index contributed by atoms with van der Waals surface area (Å²) in [7, 11) is 1.25. The molecule has 0 radical (unpaired) electrons. The normalized spacial score (nSPS) is 11.0. The van der Waals surface area contributed by atoms with E-state index >= 15 is 0 Å². The highest BCUT2D eigenvalue weighted by atomic mass is 19.3. The lowest BCUT2D eigenvalue weighted by Crippen LogP contribution is -2.02. The molecule has 0 aliphatic carbocycles. The number of alkyl halides is 2. The summed E-state index contributed by atoms with van der Waals surface area (Å²) in [5.41, 5.74) is 0.524. The van der Waals surface area contributed by atoms with Crippen LogP contribution in [0, 0.1) is 0 Å². The molecule has 0 saturated carbocycles. The molecule has 2 rings (SSSR count). The van der Waals surface area contributed by atoms with Gasteiger partial charge in [-0.15, -0.1) is 0 Å². The first-order valence-electron chi connectivity index (χ1n) is 6.43. The summed E-state index contributed by atoms with van der Waals surface area (Å²) in [6.45, 7) is -2.92. The first kappa shape index (κ1) is 16.4. The van der Waals surface area contributed by atoms with E-state index in [0.29, 0.717) is 11.3 Å². The Morgan fingerprint density at radius 3 is 2.48 bits per heavy atom. The summed E-state index contributed by atoms with van der Waals surface area (Å²) in [4.78, 5) is 23.2. The van der Waals surface area contributed by atoms with Gasteiger partial charge in [0.1, 0.15) is 17.8 Å². The van der Waals surface area contributed by atoms with E-state index in [2.05, 4.69) is 9.47 Å². The van der Waals surface area contributed by atoms with Gasteiger partial charge in [-0.25, -0.2) is 4.79 Å². The van der Waals surface area contributed by atoms with Gasteiger partial charge >= 0.3 is 12.6 Å². The Kier molecular flexibility index (Phi) is 5.24. The lowest BCUT2D eigenvalue weighted by atomic mass is 10.1. The Labute approximate surface area is 130 Å². The van der Waals surface area contributed by atoms with Crippen LogP contribution in [0.1, 0.15) is 26.5 Å². The van der Waals surface area contributed by atoms with Crippen molar-refractivity contribution in [3.8, 4) is 5.75 Å². The fourth-order valence-corrected chi connectivity index (χ4v) is 1.72. The van der Waals surface area contributed by atoms with Crippen LogP contribution in [-0.4, -0.2) is 25.5 Å². The number of carbonyl (C=O) groups is 2. The quantitative estimate of drug-likeness (QED) is 0.462. The van der Waals surface area contributed by atoms with Crippen molar-refractivity contribution in [3.05, 3.63) is 59.6 Å². The molecule has 5 nitrogen and oxygen atoms in total. The monoisotopic (exact) mass is 322 g/mol. The van der Waals surface area contributed by atoms with Crippen LogP contribution >= 0.6 is 0 Å². The van der Waals surface area contributed by atoms with Crippen LogP contribution in [0.4, 0.5) is 8.78 Å². The van der Waals surface area contributed by atoms with Crippen LogP contribution in [0.15, 0.2) is 47.1 Å². The number of ether oxygens (including phenoxy) is 2. The maximum absolute atomic E-state index is 12.0. The second-order valence-corrected chi connectivity index (χ2v) is 4.33. The van der Waals surface area contributed by atoms with Gasteiger partial charge in [0.05, 0.1) is 12.7 Å². The van der Waals surface area contributed by atoms with Crippen LogP contribution in [0.5, 0.6) is 5.75 Å². The van der Waals surface area contributed by atoms with Crippen LogP contribution in [0.25, 0.3) is 6.08 Å². The van der Waals surface area contributed by atoms with Crippen molar-refractivity contribution < 1.29 is 32.3 Å². The summed E-state index contributed by atoms with van der Waals surface area (Å²) in [5.74, 6) is -0.635. The highest BCUT2D eigenvalue weighted by Crippen LogP contribution is 2.16. The molecule has 0 spiro atoms. The highest BCUT2D eigenvalue weighted by Gasteiger charge is 2.09. The molecule has 2 aromatic rings. The summed E-state index contributed by atoms with van der Waals surface area (Å²) >= 11 is 0. The Morgan fingerprint density at radius 2 is 1.87 bits per heavy atom. The van der Waals surface area contributed by atoms with Crippen molar-refractivity contribution in [2.45, 2.75) is 6.61 Å². The predicted molar refractivity (Wildman–Crippen MR) is 76.5 cm³/mol. The molecule has 0 bridgehead atoms. The Bertz CT molecular complexity index is 716. The molecule has 7 heteroatoms. The third-order valence-electron chi connectivity index (χ3n) is 2.80. The summed E-state index contributed by atoms with van der Waals surface area (Å²) in [6.07, 6.45) is 3.84. The third-order valence-corrected chi connectivity index (χ3v) is 2.80. The zero-order valence-electron chi connectivity index (χ0n) is 12.0. The lowest BCUT2D eigenvalue weighted by Gasteiger charge is -2.04. The fraction of sp³-hybridized carbons (Fsp3) is 0.125. The van der Waals surface area contributed by atoms with E-state index in [4.69, 9.17) is 4.42 Å². The van der Waals surface area contributed by atoms with Gasteiger partial charge in [0, 0.05) is 5.56 Å². The van der Waals surface area contributed by atoms with Gasteiger partial charge in [0.25, 0.3) is 0 Å². The average molecular weight is 322 g/mol. The van der Waals surface area contributed by atoms with E-state index in [9.17, 15) is 18.4 Å². The van der Waals surface area contributed by atoms with Crippen LogP contribution < -0.4 is 4.74 Å². The molecule has 0 atom stereocenters. The number of methoxy groups -OCH3 is 1. The Hall–Kier alpha value is -2.96. The number of carbonyl (C=O) groups excluding carboxylic acids is 2. The molecule has 1 aromatic heterocycles. The number of hydrogen-bond donors (Lipinski definition) is 0. The standard InChI is InChI=1S/C16H12F2O5/c1-21-15(20)11-8-13(22-9-11)6-7-14(19)10-2-4-12(5-3-10)23-16(17)18/h2-9,16H,1H3. The number of ketones is 1. The second-order valence-electron chi connectivity index (χ2n) is 4.33. The minimum absolute atomic E-state index is 0.0331. The number of benzene rings is 1. The van der Waals surface area contributed by atoms with Gasteiger partial charge in [-0.2, -0.15) is 8.78 Å². The number of halogens is 2. The van der Waals surface area contributed by atoms with Gasteiger partial charge in [-0.3, -0.25) is 4.79 Å². The van der Waals surface area contributed by atoms with Crippen molar-refractivity contribution in [3.63, 3.8) is 0 Å². The molecule has 0 unspecified atom stereocenters. The number of allylic oxidation sites excluding steroid dienone is 1. The summed E-state index contributed by atoms with van der Waals surface area (Å²) in [6, 6.07) is 6.71. The molecule has 0 aliphatic rings. The number of esters is 1. The Balaban J connectivity index is 2.03. The van der Waals surface area contributed by atoms with Crippen molar-refractivity contribution in [2.75, 3.05) is 7.11 Å². The third kappa shape index (κ3) is 4.50. The molecule has 0 fully saturated rings.